The Bertz CT molecular complexity index is 939. The molecule has 1 saturated carbocycles. The fourth-order valence-electron chi connectivity index (χ4n) is 3.67. The zero-order valence-corrected chi connectivity index (χ0v) is 18.5. The molecule has 1 aliphatic carbocycles. The second-order valence-electron chi connectivity index (χ2n) is 9.14. The molecule has 0 heterocycles. The van der Waals surface area contributed by atoms with Crippen LogP contribution in [0.25, 0.3) is 0 Å². The number of nitrogens with one attached hydrogen (secondary N) is 3. The van der Waals surface area contributed by atoms with Crippen LogP contribution in [0.2, 0.25) is 0 Å². The van der Waals surface area contributed by atoms with Crippen molar-refractivity contribution < 1.29 is 14.4 Å². The van der Waals surface area contributed by atoms with E-state index in [0.29, 0.717) is 22.5 Å². The molecule has 0 radical (unpaired) electrons. The molecule has 0 unspecified atom stereocenters. The van der Waals surface area contributed by atoms with Gasteiger partial charge >= 0.3 is 0 Å². The second-order valence-corrected chi connectivity index (χ2v) is 9.14. The summed E-state index contributed by atoms with van der Waals surface area (Å²) in [5.41, 5.74) is 1.88. The summed E-state index contributed by atoms with van der Waals surface area (Å²) in [4.78, 5) is 37.3. The number of amides is 3. The summed E-state index contributed by atoms with van der Waals surface area (Å²) in [5, 5.41) is 8.69. The zero-order chi connectivity index (χ0) is 22.4. The number of hydrogen-bond acceptors (Lipinski definition) is 3. The lowest BCUT2D eigenvalue weighted by molar-refractivity contribution is -0.120. The highest BCUT2D eigenvalue weighted by molar-refractivity contribution is 6.05. The van der Waals surface area contributed by atoms with Gasteiger partial charge in [-0.1, -0.05) is 25.3 Å². The Morgan fingerprint density at radius 2 is 1.45 bits per heavy atom. The highest BCUT2D eigenvalue weighted by Crippen LogP contribution is 2.25. The van der Waals surface area contributed by atoms with E-state index in [-0.39, 0.29) is 29.2 Å². The molecule has 1 aliphatic rings. The van der Waals surface area contributed by atoms with E-state index in [4.69, 9.17) is 0 Å². The molecule has 3 amide bonds. The number of hydrogen-bond donors (Lipinski definition) is 3. The van der Waals surface area contributed by atoms with Crippen LogP contribution in [0.4, 0.5) is 11.4 Å². The average Bonchev–Trinajstić information content (AvgIpc) is 2.74. The zero-order valence-electron chi connectivity index (χ0n) is 18.5. The van der Waals surface area contributed by atoms with Crippen LogP contribution in [0.3, 0.4) is 0 Å². The molecule has 0 bridgehead atoms. The first-order chi connectivity index (χ1) is 14.7. The maximum atomic E-state index is 12.7. The number of carbonyl (C=O) groups excluding carboxylic acids is 3. The third kappa shape index (κ3) is 6.67. The molecule has 0 saturated heterocycles. The van der Waals surface area contributed by atoms with Crippen LogP contribution in [0.1, 0.15) is 73.6 Å². The van der Waals surface area contributed by atoms with Crippen molar-refractivity contribution in [2.75, 3.05) is 10.6 Å². The minimum Gasteiger partial charge on any atom is -0.347 e. The molecule has 2 aromatic rings. The monoisotopic (exact) mass is 421 g/mol. The summed E-state index contributed by atoms with van der Waals surface area (Å²) in [6, 6.07) is 13.7. The van der Waals surface area contributed by atoms with Crippen molar-refractivity contribution >= 4 is 29.1 Å². The van der Waals surface area contributed by atoms with Gasteiger partial charge in [-0.15, -0.1) is 0 Å². The molecular weight excluding hydrogens is 390 g/mol. The number of benzene rings is 2. The van der Waals surface area contributed by atoms with Gasteiger partial charge in [-0.25, -0.2) is 0 Å². The summed E-state index contributed by atoms with van der Waals surface area (Å²) in [6.07, 6.45) is 5.24. The SMILES string of the molecule is CC(C)(C)NC(=O)c1ccc(NC(=O)c2cccc(NC(=O)C3CCCCC3)c2)cc1. The summed E-state index contributed by atoms with van der Waals surface area (Å²) in [6.45, 7) is 5.77. The van der Waals surface area contributed by atoms with E-state index < -0.39 is 0 Å². The van der Waals surface area contributed by atoms with Gasteiger partial charge < -0.3 is 16.0 Å². The van der Waals surface area contributed by atoms with E-state index in [0.717, 1.165) is 25.7 Å². The second kappa shape index (κ2) is 9.77. The molecular formula is C25H31N3O3. The lowest BCUT2D eigenvalue weighted by atomic mass is 9.88. The Morgan fingerprint density at radius 1 is 0.774 bits per heavy atom. The predicted octanol–water partition coefficient (Wildman–Crippen LogP) is 4.99. The molecule has 3 rings (SSSR count). The number of carbonyl (C=O) groups is 3. The molecule has 31 heavy (non-hydrogen) atoms. The minimum absolute atomic E-state index is 0.0291. The standard InChI is InChI=1S/C25H31N3O3/c1-25(2,3)28-24(31)18-12-14-20(15-13-18)26-23(30)19-10-7-11-21(16-19)27-22(29)17-8-5-4-6-9-17/h7,10-17H,4-6,8-9H2,1-3H3,(H,26,30)(H,27,29)(H,28,31). The van der Waals surface area contributed by atoms with Gasteiger partial charge in [-0.3, -0.25) is 14.4 Å². The Kier molecular flexibility index (Phi) is 7.10. The fraction of sp³-hybridized carbons (Fsp3) is 0.400. The highest BCUT2D eigenvalue weighted by atomic mass is 16.2. The van der Waals surface area contributed by atoms with Crippen molar-refractivity contribution in [3.8, 4) is 0 Å². The topological polar surface area (TPSA) is 87.3 Å². The van der Waals surface area contributed by atoms with Gasteiger partial charge in [0.1, 0.15) is 0 Å². The van der Waals surface area contributed by atoms with Crippen molar-refractivity contribution in [1.29, 1.82) is 0 Å². The van der Waals surface area contributed by atoms with Crippen LogP contribution in [-0.4, -0.2) is 23.3 Å². The van der Waals surface area contributed by atoms with E-state index >= 15 is 0 Å². The van der Waals surface area contributed by atoms with E-state index in [9.17, 15) is 14.4 Å². The molecule has 1 fully saturated rings. The van der Waals surface area contributed by atoms with Crippen molar-refractivity contribution in [3.05, 3.63) is 59.7 Å². The van der Waals surface area contributed by atoms with Gasteiger partial charge in [0.2, 0.25) is 5.91 Å². The van der Waals surface area contributed by atoms with Gasteiger partial charge in [0, 0.05) is 34.0 Å². The first-order valence-corrected chi connectivity index (χ1v) is 10.9. The minimum atomic E-state index is -0.318. The Labute approximate surface area is 183 Å². The van der Waals surface area contributed by atoms with Crippen molar-refractivity contribution in [2.45, 2.75) is 58.4 Å². The lowest BCUT2D eigenvalue weighted by Crippen LogP contribution is -2.40. The summed E-state index contributed by atoms with van der Waals surface area (Å²) >= 11 is 0. The molecule has 6 nitrogen and oxygen atoms in total. The van der Waals surface area contributed by atoms with Crippen molar-refractivity contribution in [3.63, 3.8) is 0 Å². The predicted molar refractivity (Wildman–Crippen MR) is 123 cm³/mol. The van der Waals surface area contributed by atoms with E-state index in [1.807, 2.05) is 20.8 Å². The molecule has 0 atom stereocenters. The molecule has 2 aromatic carbocycles. The van der Waals surface area contributed by atoms with Crippen molar-refractivity contribution in [1.82, 2.24) is 5.32 Å². The lowest BCUT2D eigenvalue weighted by Gasteiger charge is -2.21. The molecule has 6 heteroatoms. The summed E-state index contributed by atoms with van der Waals surface area (Å²) < 4.78 is 0. The quantitative estimate of drug-likeness (QED) is 0.636. The molecule has 0 spiro atoms. The normalized spacial score (nSPS) is 14.5. The van der Waals surface area contributed by atoms with Gasteiger partial charge in [-0.05, 0) is 76.1 Å². The smallest absolute Gasteiger partial charge is 0.255 e. The summed E-state index contributed by atoms with van der Waals surface area (Å²) in [5.74, 6) is -0.353. The number of anilines is 2. The van der Waals surface area contributed by atoms with Crippen molar-refractivity contribution in [2.24, 2.45) is 5.92 Å². The molecule has 0 aromatic heterocycles. The average molecular weight is 422 g/mol. The molecule has 3 N–H and O–H groups in total. The Balaban J connectivity index is 1.61. The maximum Gasteiger partial charge on any atom is 0.255 e. The van der Waals surface area contributed by atoms with Crippen LogP contribution < -0.4 is 16.0 Å². The first kappa shape index (κ1) is 22.5. The van der Waals surface area contributed by atoms with E-state index in [1.54, 1.807) is 48.5 Å². The molecule has 0 aliphatic heterocycles. The third-order valence-electron chi connectivity index (χ3n) is 5.26. The fourth-order valence-corrected chi connectivity index (χ4v) is 3.67. The Hall–Kier alpha value is -3.15. The van der Waals surface area contributed by atoms with Crippen LogP contribution >= 0.6 is 0 Å². The summed E-state index contributed by atoms with van der Waals surface area (Å²) in [7, 11) is 0. The van der Waals surface area contributed by atoms with E-state index in [1.165, 1.54) is 6.42 Å². The van der Waals surface area contributed by atoms with Crippen LogP contribution in [0.5, 0.6) is 0 Å². The van der Waals surface area contributed by atoms with Crippen LogP contribution in [0.15, 0.2) is 48.5 Å². The van der Waals surface area contributed by atoms with E-state index in [2.05, 4.69) is 16.0 Å². The maximum absolute atomic E-state index is 12.7. The highest BCUT2D eigenvalue weighted by Gasteiger charge is 2.21. The van der Waals surface area contributed by atoms with Gasteiger partial charge in [0.15, 0.2) is 0 Å². The van der Waals surface area contributed by atoms with Crippen LogP contribution in [0, 0.1) is 5.92 Å². The third-order valence-corrected chi connectivity index (χ3v) is 5.26. The first-order valence-electron chi connectivity index (χ1n) is 10.9. The van der Waals surface area contributed by atoms with Gasteiger partial charge in [0.05, 0.1) is 0 Å². The molecule has 164 valence electrons. The number of rotatable bonds is 5. The largest absolute Gasteiger partial charge is 0.347 e. The van der Waals surface area contributed by atoms with Gasteiger partial charge in [-0.2, -0.15) is 0 Å². The Morgan fingerprint density at radius 3 is 2.10 bits per heavy atom. The van der Waals surface area contributed by atoms with Gasteiger partial charge in [0.25, 0.3) is 11.8 Å². The van der Waals surface area contributed by atoms with Crippen LogP contribution in [-0.2, 0) is 4.79 Å².